The van der Waals surface area contributed by atoms with E-state index < -0.39 is 0 Å². The van der Waals surface area contributed by atoms with Crippen molar-refractivity contribution in [1.29, 1.82) is 0 Å². The number of halogens is 1. The van der Waals surface area contributed by atoms with Crippen LogP contribution < -0.4 is 0 Å². The smallest absolute Gasteiger partial charge is 0.109 e. The molecule has 0 atom stereocenters. The van der Waals surface area contributed by atoms with Crippen LogP contribution in [0.25, 0.3) is 5.57 Å². The van der Waals surface area contributed by atoms with Gasteiger partial charge < -0.3 is 5.11 Å². The monoisotopic (exact) mass is 221 g/mol. The van der Waals surface area contributed by atoms with Crippen molar-refractivity contribution in [3.05, 3.63) is 41.2 Å². The van der Waals surface area contributed by atoms with Crippen molar-refractivity contribution >= 4 is 5.57 Å². The summed E-state index contributed by atoms with van der Waals surface area (Å²) >= 11 is 0. The highest BCUT2D eigenvalue weighted by Gasteiger charge is 2.21. The Balaban J connectivity index is 2.18. The van der Waals surface area contributed by atoms with E-state index in [0.29, 0.717) is 19.5 Å². The molecule has 16 heavy (non-hydrogen) atoms. The van der Waals surface area contributed by atoms with E-state index in [1.807, 2.05) is 36.2 Å². The maximum absolute atomic E-state index is 13.8. The lowest BCUT2D eigenvalue weighted by Crippen LogP contribution is -2.24. The van der Waals surface area contributed by atoms with E-state index in [2.05, 4.69) is 0 Å². The highest BCUT2D eigenvalue weighted by atomic mass is 19.1. The molecule has 1 aliphatic rings. The number of aliphatic hydroxyl groups is 1. The van der Waals surface area contributed by atoms with Gasteiger partial charge in [0.25, 0.3) is 0 Å². The van der Waals surface area contributed by atoms with Crippen molar-refractivity contribution in [3.63, 3.8) is 0 Å². The molecule has 0 amide bonds. The molecule has 1 aromatic rings. The van der Waals surface area contributed by atoms with Gasteiger partial charge >= 0.3 is 0 Å². The summed E-state index contributed by atoms with van der Waals surface area (Å²) in [5.74, 6) is -0.0361. The Morgan fingerprint density at radius 1 is 1.38 bits per heavy atom. The van der Waals surface area contributed by atoms with E-state index in [1.165, 1.54) is 0 Å². The third-order valence-corrected chi connectivity index (χ3v) is 2.93. The zero-order valence-corrected chi connectivity index (χ0v) is 9.41. The molecule has 1 aromatic carbocycles. The van der Waals surface area contributed by atoms with Gasteiger partial charge in [0.1, 0.15) is 5.83 Å². The summed E-state index contributed by atoms with van der Waals surface area (Å²) in [5, 5.41) is 8.82. The van der Waals surface area contributed by atoms with Crippen molar-refractivity contribution < 1.29 is 9.50 Å². The van der Waals surface area contributed by atoms with Gasteiger partial charge in [0.2, 0.25) is 0 Å². The van der Waals surface area contributed by atoms with Crippen molar-refractivity contribution in [2.75, 3.05) is 26.7 Å². The average Bonchev–Trinajstić information content (AvgIpc) is 2.56. The van der Waals surface area contributed by atoms with Crippen LogP contribution in [-0.2, 0) is 6.42 Å². The van der Waals surface area contributed by atoms with Crippen LogP contribution in [0.3, 0.4) is 0 Å². The fourth-order valence-electron chi connectivity index (χ4n) is 2.08. The summed E-state index contributed by atoms with van der Waals surface area (Å²) in [7, 11) is 1.89. The number of allylic oxidation sites excluding steroid dienone is 1. The maximum atomic E-state index is 13.8. The maximum Gasteiger partial charge on any atom is 0.109 e. The quantitative estimate of drug-likeness (QED) is 0.838. The van der Waals surface area contributed by atoms with Gasteiger partial charge in [-0.3, -0.25) is 4.90 Å². The highest BCUT2D eigenvalue weighted by molar-refractivity contribution is 5.76. The van der Waals surface area contributed by atoms with Crippen LogP contribution in [0.4, 0.5) is 4.39 Å². The topological polar surface area (TPSA) is 23.5 Å². The van der Waals surface area contributed by atoms with E-state index in [0.717, 1.165) is 16.7 Å². The van der Waals surface area contributed by atoms with Gasteiger partial charge in [-0.15, -0.1) is 0 Å². The zero-order chi connectivity index (χ0) is 11.5. The molecule has 86 valence electrons. The van der Waals surface area contributed by atoms with Gasteiger partial charge in [-0.25, -0.2) is 4.39 Å². The largest absolute Gasteiger partial charge is 0.395 e. The van der Waals surface area contributed by atoms with Gasteiger partial charge in [0, 0.05) is 25.1 Å². The molecule has 0 unspecified atom stereocenters. The van der Waals surface area contributed by atoms with Gasteiger partial charge in [0.15, 0.2) is 0 Å². The first-order valence-corrected chi connectivity index (χ1v) is 5.47. The molecule has 0 saturated heterocycles. The molecule has 0 aliphatic heterocycles. The minimum atomic E-state index is -0.0361. The summed E-state index contributed by atoms with van der Waals surface area (Å²) in [6.07, 6.45) is 0.415. The molecule has 0 aromatic heterocycles. The Kier molecular flexibility index (Phi) is 3.36. The molecule has 0 spiro atoms. The number of rotatable bonds is 4. The number of hydrogen-bond donors (Lipinski definition) is 1. The lowest BCUT2D eigenvalue weighted by atomic mass is 10.1. The number of aliphatic hydroxyl groups excluding tert-OH is 1. The van der Waals surface area contributed by atoms with Crippen LogP contribution in [0.2, 0.25) is 0 Å². The lowest BCUT2D eigenvalue weighted by molar-refractivity contribution is 0.233. The van der Waals surface area contributed by atoms with E-state index in [9.17, 15) is 4.39 Å². The van der Waals surface area contributed by atoms with Gasteiger partial charge in [0.05, 0.1) is 6.61 Å². The van der Waals surface area contributed by atoms with E-state index in [-0.39, 0.29) is 12.4 Å². The average molecular weight is 221 g/mol. The van der Waals surface area contributed by atoms with Gasteiger partial charge in [-0.2, -0.15) is 0 Å². The molecule has 0 saturated carbocycles. The second-order valence-electron chi connectivity index (χ2n) is 4.18. The molecular formula is C13H16FNO. The molecule has 1 aliphatic carbocycles. The minimum Gasteiger partial charge on any atom is -0.395 e. The first-order chi connectivity index (χ1) is 7.72. The van der Waals surface area contributed by atoms with Crippen LogP contribution in [0.15, 0.2) is 30.1 Å². The van der Waals surface area contributed by atoms with Crippen molar-refractivity contribution in [3.8, 4) is 0 Å². The normalized spacial score (nSPS) is 14.8. The Hall–Kier alpha value is -1.19. The summed E-state index contributed by atoms with van der Waals surface area (Å²) < 4.78 is 13.8. The standard InChI is InChI=1S/C13H16FNO/c1-15(6-7-16)9-12-11-5-3-2-4-10(11)8-13(12)14/h2-5,16H,6-9H2,1H3. The molecule has 2 nitrogen and oxygen atoms in total. The van der Waals surface area contributed by atoms with Crippen LogP contribution in [0.5, 0.6) is 0 Å². The van der Waals surface area contributed by atoms with Crippen LogP contribution in [-0.4, -0.2) is 36.8 Å². The first-order valence-electron chi connectivity index (χ1n) is 5.47. The van der Waals surface area contributed by atoms with Crippen LogP contribution in [0, 0.1) is 0 Å². The fraction of sp³-hybridized carbons (Fsp3) is 0.385. The number of nitrogens with zero attached hydrogens (tertiary/aromatic N) is 1. The first kappa shape index (κ1) is 11.3. The van der Waals surface area contributed by atoms with Crippen LogP contribution in [0.1, 0.15) is 11.1 Å². The third-order valence-electron chi connectivity index (χ3n) is 2.93. The second kappa shape index (κ2) is 4.76. The van der Waals surface area contributed by atoms with E-state index in [1.54, 1.807) is 0 Å². The number of fused-ring (bicyclic) bond motifs is 1. The highest BCUT2D eigenvalue weighted by Crippen LogP contribution is 2.33. The number of likely N-dealkylation sites (N-methyl/N-ethyl adjacent to an activating group) is 1. The van der Waals surface area contributed by atoms with Gasteiger partial charge in [-0.05, 0) is 18.2 Å². The Morgan fingerprint density at radius 3 is 2.88 bits per heavy atom. The summed E-state index contributed by atoms with van der Waals surface area (Å²) in [5.41, 5.74) is 2.85. The number of hydrogen-bond acceptors (Lipinski definition) is 2. The molecule has 1 N–H and O–H groups in total. The zero-order valence-electron chi connectivity index (χ0n) is 9.41. The third kappa shape index (κ3) is 2.15. The number of benzene rings is 1. The molecule has 3 heteroatoms. The Bertz CT molecular complexity index is 414. The molecule has 0 fully saturated rings. The summed E-state index contributed by atoms with van der Waals surface area (Å²) in [6.45, 7) is 1.23. The fourth-order valence-corrected chi connectivity index (χ4v) is 2.08. The predicted molar refractivity (Wildman–Crippen MR) is 62.8 cm³/mol. The molecule has 0 heterocycles. The minimum absolute atomic E-state index is 0.0361. The second-order valence-corrected chi connectivity index (χ2v) is 4.18. The summed E-state index contributed by atoms with van der Waals surface area (Å²) in [6, 6.07) is 7.80. The molecule has 0 radical (unpaired) electrons. The van der Waals surface area contributed by atoms with Crippen molar-refractivity contribution in [2.45, 2.75) is 6.42 Å². The van der Waals surface area contributed by atoms with Crippen molar-refractivity contribution in [2.24, 2.45) is 0 Å². The lowest BCUT2D eigenvalue weighted by Gasteiger charge is -2.16. The molecule has 2 rings (SSSR count). The van der Waals surface area contributed by atoms with E-state index >= 15 is 0 Å². The Labute approximate surface area is 95.0 Å². The molecular weight excluding hydrogens is 205 g/mol. The SMILES string of the molecule is CN(CCO)CC1=C(F)Cc2ccccc21. The van der Waals surface area contributed by atoms with E-state index in [4.69, 9.17) is 5.11 Å². The predicted octanol–water partition coefficient (Wildman–Crippen LogP) is 1.85. The van der Waals surface area contributed by atoms with Gasteiger partial charge in [-0.1, -0.05) is 24.3 Å². The van der Waals surface area contributed by atoms with Crippen LogP contribution >= 0.6 is 0 Å². The Morgan fingerprint density at radius 2 is 2.12 bits per heavy atom. The molecule has 0 bridgehead atoms. The van der Waals surface area contributed by atoms with Crippen molar-refractivity contribution in [1.82, 2.24) is 4.90 Å². The summed E-state index contributed by atoms with van der Waals surface area (Å²) in [4.78, 5) is 1.93.